The van der Waals surface area contributed by atoms with Gasteiger partial charge in [0, 0.05) is 21.7 Å². The molecule has 15 heavy (non-hydrogen) atoms. The van der Waals surface area contributed by atoms with Gasteiger partial charge in [-0.05, 0) is 40.8 Å². The second-order valence-corrected chi connectivity index (χ2v) is 5.05. The molecule has 2 rings (SSSR count). The molecule has 3 nitrogen and oxygen atoms in total. The lowest BCUT2D eigenvalue weighted by Crippen LogP contribution is -2.57. The quantitative estimate of drug-likeness (QED) is 0.806. The molecule has 2 N–H and O–H groups in total. The van der Waals surface area contributed by atoms with E-state index >= 15 is 0 Å². The number of halogens is 2. The van der Waals surface area contributed by atoms with Crippen LogP contribution in [0.25, 0.3) is 0 Å². The van der Waals surface area contributed by atoms with Gasteiger partial charge < -0.3 is 10.6 Å². The van der Waals surface area contributed by atoms with E-state index < -0.39 is 0 Å². The maximum atomic E-state index is 11.8. The zero-order valence-corrected chi connectivity index (χ0v) is 10.8. The average molecular weight is 337 g/mol. The van der Waals surface area contributed by atoms with E-state index in [0.29, 0.717) is 10.6 Å². The van der Waals surface area contributed by atoms with Gasteiger partial charge in [-0.25, -0.2) is 0 Å². The summed E-state index contributed by atoms with van der Waals surface area (Å²) in [5, 5.41) is 6.63. The molecular weight excluding hydrogens is 326 g/mol. The summed E-state index contributed by atoms with van der Waals surface area (Å²) < 4.78 is 0.918. The van der Waals surface area contributed by atoms with Crippen LogP contribution in [0.4, 0.5) is 0 Å². The summed E-state index contributed by atoms with van der Waals surface area (Å²) in [5.74, 6) is -0.0478. The summed E-state index contributed by atoms with van der Waals surface area (Å²) in [4.78, 5) is 11.8. The molecule has 1 aliphatic rings. The fourth-order valence-corrected chi connectivity index (χ4v) is 2.08. The van der Waals surface area contributed by atoms with Crippen molar-refractivity contribution in [2.45, 2.75) is 6.04 Å². The van der Waals surface area contributed by atoms with Crippen LogP contribution in [0.2, 0.25) is 5.02 Å². The van der Waals surface area contributed by atoms with Crippen LogP contribution in [0.15, 0.2) is 18.2 Å². The number of carbonyl (C=O) groups is 1. The molecule has 0 atom stereocenters. The van der Waals surface area contributed by atoms with Crippen molar-refractivity contribution in [1.82, 2.24) is 10.6 Å². The van der Waals surface area contributed by atoms with Gasteiger partial charge in [-0.15, -0.1) is 0 Å². The normalized spacial score (nSPS) is 15.9. The summed E-state index contributed by atoms with van der Waals surface area (Å²) >= 11 is 7.98. The first-order valence-electron chi connectivity index (χ1n) is 4.63. The SMILES string of the molecule is O=C(NC1CNC1)c1cc(Cl)ccc1I. The van der Waals surface area contributed by atoms with Crippen LogP contribution in [0.5, 0.6) is 0 Å². The first kappa shape index (κ1) is 11.2. The van der Waals surface area contributed by atoms with Gasteiger partial charge in [-0.3, -0.25) is 4.79 Å². The predicted octanol–water partition coefficient (Wildman–Crippen LogP) is 1.65. The molecule has 1 fully saturated rings. The molecule has 0 spiro atoms. The van der Waals surface area contributed by atoms with E-state index in [1.165, 1.54) is 0 Å². The van der Waals surface area contributed by atoms with Gasteiger partial charge in [0.05, 0.1) is 11.6 Å². The van der Waals surface area contributed by atoms with Crippen molar-refractivity contribution < 1.29 is 4.79 Å². The molecule has 1 heterocycles. The fraction of sp³-hybridized carbons (Fsp3) is 0.300. The summed E-state index contributed by atoms with van der Waals surface area (Å²) in [5.41, 5.74) is 0.648. The van der Waals surface area contributed by atoms with Gasteiger partial charge in [0.25, 0.3) is 5.91 Å². The highest BCUT2D eigenvalue weighted by molar-refractivity contribution is 14.1. The summed E-state index contributed by atoms with van der Waals surface area (Å²) in [6.45, 7) is 1.70. The van der Waals surface area contributed by atoms with Crippen LogP contribution in [0.1, 0.15) is 10.4 Å². The number of rotatable bonds is 2. The Morgan fingerprint density at radius 1 is 1.53 bits per heavy atom. The number of amides is 1. The minimum atomic E-state index is -0.0478. The highest BCUT2D eigenvalue weighted by Gasteiger charge is 2.20. The maximum Gasteiger partial charge on any atom is 0.252 e. The molecule has 1 aliphatic heterocycles. The van der Waals surface area contributed by atoms with E-state index in [1.807, 2.05) is 6.07 Å². The summed E-state index contributed by atoms with van der Waals surface area (Å²) in [6.07, 6.45) is 0. The second-order valence-electron chi connectivity index (χ2n) is 3.45. The lowest BCUT2D eigenvalue weighted by Gasteiger charge is -2.28. The molecular formula is C10H10ClIN2O. The third kappa shape index (κ3) is 2.62. The average Bonchev–Trinajstić information content (AvgIpc) is 2.15. The number of hydrogen-bond acceptors (Lipinski definition) is 2. The number of hydrogen-bond donors (Lipinski definition) is 2. The first-order valence-corrected chi connectivity index (χ1v) is 6.09. The van der Waals surface area contributed by atoms with Crippen molar-refractivity contribution in [2.75, 3.05) is 13.1 Å². The third-order valence-corrected chi connectivity index (χ3v) is 3.47. The van der Waals surface area contributed by atoms with Crippen molar-refractivity contribution in [3.05, 3.63) is 32.4 Å². The van der Waals surface area contributed by atoms with Crippen LogP contribution in [0.3, 0.4) is 0 Å². The van der Waals surface area contributed by atoms with E-state index in [9.17, 15) is 4.79 Å². The molecule has 80 valence electrons. The second kappa shape index (κ2) is 4.67. The van der Waals surface area contributed by atoms with E-state index in [0.717, 1.165) is 16.7 Å². The van der Waals surface area contributed by atoms with Crippen LogP contribution in [-0.2, 0) is 0 Å². The number of nitrogens with one attached hydrogen (secondary N) is 2. The smallest absolute Gasteiger partial charge is 0.252 e. The molecule has 0 bridgehead atoms. The van der Waals surface area contributed by atoms with E-state index in [1.54, 1.807) is 12.1 Å². The largest absolute Gasteiger partial charge is 0.347 e. The van der Waals surface area contributed by atoms with Crippen molar-refractivity contribution in [2.24, 2.45) is 0 Å². The highest BCUT2D eigenvalue weighted by Crippen LogP contribution is 2.18. The summed E-state index contributed by atoms with van der Waals surface area (Å²) in [6, 6.07) is 5.58. The molecule has 1 amide bonds. The Bertz CT molecular complexity index is 393. The van der Waals surface area contributed by atoms with Crippen LogP contribution >= 0.6 is 34.2 Å². The first-order chi connectivity index (χ1) is 7.16. The minimum Gasteiger partial charge on any atom is -0.347 e. The molecule has 1 aromatic rings. The predicted molar refractivity (Wildman–Crippen MR) is 68.3 cm³/mol. The van der Waals surface area contributed by atoms with Gasteiger partial charge in [0.2, 0.25) is 0 Å². The fourth-order valence-electron chi connectivity index (χ4n) is 1.33. The van der Waals surface area contributed by atoms with Crippen molar-refractivity contribution in [3.63, 3.8) is 0 Å². The monoisotopic (exact) mass is 336 g/mol. The van der Waals surface area contributed by atoms with Crippen LogP contribution in [0, 0.1) is 3.57 Å². The van der Waals surface area contributed by atoms with E-state index in [4.69, 9.17) is 11.6 Å². The van der Waals surface area contributed by atoms with E-state index in [2.05, 4.69) is 33.2 Å². The Morgan fingerprint density at radius 3 is 2.87 bits per heavy atom. The molecule has 5 heteroatoms. The van der Waals surface area contributed by atoms with Gasteiger partial charge in [-0.2, -0.15) is 0 Å². The Morgan fingerprint density at radius 2 is 2.27 bits per heavy atom. The van der Waals surface area contributed by atoms with Gasteiger partial charge >= 0.3 is 0 Å². The Labute approximate surface area is 107 Å². The van der Waals surface area contributed by atoms with Gasteiger partial charge in [0.15, 0.2) is 0 Å². The van der Waals surface area contributed by atoms with Crippen molar-refractivity contribution in [1.29, 1.82) is 0 Å². The Hall–Kier alpha value is -0.330. The zero-order valence-electron chi connectivity index (χ0n) is 7.89. The standard InChI is InChI=1S/C10H10ClIN2O/c11-6-1-2-9(12)8(3-6)10(15)14-7-4-13-5-7/h1-3,7,13H,4-5H2,(H,14,15). The molecule has 0 unspecified atom stereocenters. The highest BCUT2D eigenvalue weighted by atomic mass is 127. The van der Waals surface area contributed by atoms with Crippen LogP contribution < -0.4 is 10.6 Å². The van der Waals surface area contributed by atoms with Gasteiger partial charge in [-0.1, -0.05) is 11.6 Å². The zero-order chi connectivity index (χ0) is 10.8. The molecule has 0 aliphatic carbocycles. The topological polar surface area (TPSA) is 41.1 Å². The third-order valence-electron chi connectivity index (χ3n) is 2.29. The lowest BCUT2D eigenvalue weighted by atomic mass is 10.1. The number of benzene rings is 1. The lowest BCUT2D eigenvalue weighted by molar-refractivity contribution is 0.0923. The van der Waals surface area contributed by atoms with Crippen molar-refractivity contribution >= 4 is 40.1 Å². The minimum absolute atomic E-state index is 0.0478. The maximum absolute atomic E-state index is 11.8. The molecule has 0 radical (unpaired) electrons. The number of carbonyl (C=O) groups excluding carboxylic acids is 1. The molecule has 1 aromatic carbocycles. The molecule has 1 saturated heterocycles. The van der Waals surface area contributed by atoms with Gasteiger partial charge in [0.1, 0.15) is 0 Å². The van der Waals surface area contributed by atoms with E-state index in [-0.39, 0.29) is 11.9 Å². The Kier molecular flexibility index (Phi) is 3.48. The Balaban J connectivity index is 2.12. The van der Waals surface area contributed by atoms with Crippen molar-refractivity contribution in [3.8, 4) is 0 Å². The summed E-state index contributed by atoms with van der Waals surface area (Å²) in [7, 11) is 0. The molecule has 0 saturated carbocycles. The van der Waals surface area contributed by atoms with Crippen LogP contribution in [-0.4, -0.2) is 25.0 Å². The molecule has 0 aromatic heterocycles.